The topological polar surface area (TPSA) is 45.4 Å². The van der Waals surface area contributed by atoms with Crippen molar-refractivity contribution in [2.45, 2.75) is 38.1 Å². The van der Waals surface area contributed by atoms with Crippen LogP contribution >= 0.6 is 0 Å². The Bertz CT molecular complexity index is 420. The molecule has 0 amide bonds. The van der Waals surface area contributed by atoms with E-state index in [0.29, 0.717) is 5.82 Å². The highest BCUT2D eigenvalue weighted by atomic mass is 15.4. The molecule has 2 aliphatic rings. The quantitative estimate of drug-likeness (QED) is 0.868. The Labute approximate surface area is 108 Å². The summed E-state index contributed by atoms with van der Waals surface area (Å²) in [5, 5.41) is 0. The number of nitrogens with two attached hydrogens (primary N) is 1. The summed E-state index contributed by atoms with van der Waals surface area (Å²) < 4.78 is 0. The van der Waals surface area contributed by atoms with Crippen LogP contribution in [0.5, 0.6) is 0 Å². The average Bonchev–Trinajstić information content (AvgIpc) is 2.90. The predicted molar refractivity (Wildman–Crippen MR) is 73.8 cm³/mol. The van der Waals surface area contributed by atoms with Gasteiger partial charge in [-0.3, -0.25) is 0 Å². The van der Waals surface area contributed by atoms with Gasteiger partial charge in [0, 0.05) is 18.4 Å². The molecule has 1 fully saturated rings. The van der Waals surface area contributed by atoms with Gasteiger partial charge in [-0.25, -0.2) is 4.98 Å². The summed E-state index contributed by atoms with van der Waals surface area (Å²) >= 11 is 0. The summed E-state index contributed by atoms with van der Waals surface area (Å²) in [6, 6.07) is 4.60. The molecule has 1 aliphatic carbocycles. The van der Waals surface area contributed by atoms with E-state index in [-0.39, 0.29) is 0 Å². The number of hydrogen-bond donors (Lipinski definition) is 1. The molecule has 4 nitrogen and oxygen atoms in total. The number of anilines is 2. The Morgan fingerprint density at radius 2 is 1.94 bits per heavy atom. The lowest BCUT2D eigenvalue weighted by Crippen LogP contribution is -2.35. The van der Waals surface area contributed by atoms with E-state index >= 15 is 0 Å². The van der Waals surface area contributed by atoms with Crippen molar-refractivity contribution < 1.29 is 0 Å². The van der Waals surface area contributed by atoms with E-state index in [1.807, 2.05) is 18.3 Å². The number of pyridine rings is 1. The highest BCUT2D eigenvalue weighted by molar-refractivity contribution is 5.51. The van der Waals surface area contributed by atoms with Crippen molar-refractivity contribution in [3.8, 4) is 0 Å². The third-order valence-electron chi connectivity index (χ3n) is 3.90. The van der Waals surface area contributed by atoms with Crippen LogP contribution in [0.2, 0.25) is 0 Å². The SMILES string of the molecule is Nc1ccc(N2C=CN(C3CCCCC3)C2)cn1. The van der Waals surface area contributed by atoms with Gasteiger partial charge in [-0.05, 0) is 25.0 Å². The minimum absolute atomic E-state index is 0.575. The highest BCUT2D eigenvalue weighted by Gasteiger charge is 2.23. The minimum atomic E-state index is 0.575. The van der Waals surface area contributed by atoms with Crippen molar-refractivity contribution >= 4 is 11.5 Å². The van der Waals surface area contributed by atoms with Gasteiger partial charge in [-0.2, -0.15) is 0 Å². The molecule has 0 spiro atoms. The molecule has 0 atom stereocenters. The lowest BCUT2D eigenvalue weighted by Gasteiger charge is -2.32. The summed E-state index contributed by atoms with van der Waals surface area (Å²) in [4.78, 5) is 8.82. The van der Waals surface area contributed by atoms with Gasteiger partial charge in [0.15, 0.2) is 0 Å². The van der Waals surface area contributed by atoms with E-state index in [9.17, 15) is 0 Å². The van der Waals surface area contributed by atoms with Crippen LogP contribution in [0.3, 0.4) is 0 Å². The molecule has 18 heavy (non-hydrogen) atoms. The third-order valence-corrected chi connectivity index (χ3v) is 3.90. The monoisotopic (exact) mass is 244 g/mol. The minimum Gasteiger partial charge on any atom is -0.384 e. The number of nitrogens with zero attached hydrogens (tertiary/aromatic N) is 3. The van der Waals surface area contributed by atoms with E-state index in [1.165, 1.54) is 32.1 Å². The summed E-state index contributed by atoms with van der Waals surface area (Å²) in [7, 11) is 0. The molecular weight excluding hydrogens is 224 g/mol. The lowest BCUT2D eigenvalue weighted by atomic mass is 9.95. The van der Waals surface area contributed by atoms with Gasteiger partial charge < -0.3 is 15.5 Å². The molecule has 1 aromatic heterocycles. The molecule has 0 bridgehead atoms. The van der Waals surface area contributed by atoms with Crippen molar-refractivity contribution in [3.05, 3.63) is 30.7 Å². The molecule has 2 N–H and O–H groups in total. The van der Waals surface area contributed by atoms with Crippen LogP contribution in [0, 0.1) is 0 Å². The number of nitrogen functional groups attached to an aromatic ring is 1. The van der Waals surface area contributed by atoms with Crippen LogP contribution in [0.15, 0.2) is 30.7 Å². The van der Waals surface area contributed by atoms with Gasteiger partial charge in [0.1, 0.15) is 5.82 Å². The van der Waals surface area contributed by atoms with Gasteiger partial charge in [0.2, 0.25) is 0 Å². The van der Waals surface area contributed by atoms with Crippen LogP contribution in [-0.2, 0) is 0 Å². The smallest absolute Gasteiger partial charge is 0.123 e. The molecular formula is C14H20N4. The highest BCUT2D eigenvalue weighted by Crippen LogP contribution is 2.27. The Morgan fingerprint density at radius 3 is 2.67 bits per heavy atom. The second kappa shape index (κ2) is 4.88. The molecule has 2 heterocycles. The van der Waals surface area contributed by atoms with E-state index < -0.39 is 0 Å². The Morgan fingerprint density at radius 1 is 1.11 bits per heavy atom. The molecule has 1 aromatic rings. The van der Waals surface area contributed by atoms with Crippen LogP contribution in [0.1, 0.15) is 32.1 Å². The molecule has 0 aromatic carbocycles. The summed E-state index contributed by atoms with van der Waals surface area (Å²) in [6.45, 7) is 0.941. The maximum Gasteiger partial charge on any atom is 0.123 e. The summed E-state index contributed by atoms with van der Waals surface area (Å²) in [5.74, 6) is 0.575. The molecule has 0 saturated heterocycles. The van der Waals surface area contributed by atoms with Gasteiger partial charge in [0.05, 0.1) is 18.6 Å². The Hall–Kier alpha value is -1.71. The average molecular weight is 244 g/mol. The van der Waals surface area contributed by atoms with Crippen molar-refractivity contribution in [2.24, 2.45) is 0 Å². The first-order chi connectivity index (χ1) is 8.83. The number of aromatic nitrogens is 1. The van der Waals surface area contributed by atoms with E-state index in [1.54, 1.807) is 0 Å². The maximum atomic E-state index is 5.61. The summed E-state index contributed by atoms with van der Waals surface area (Å²) in [6.07, 6.45) is 13.0. The third kappa shape index (κ3) is 2.28. The number of hydrogen-bond acceptors (Lipinski definition) is 4. The fourth-order valence-electron chi connectivity index (χ4n) is 2.82. The van der Waals surface area contributed by atoms with Crippen molar-refractivity contribution in [1.29, 1.82) is 0 Å². The first-order valence-electron chi connectivity index (χ1n) is 6.75. The fourth-order valence-corrected chi connectivity index (χ4v) is 2.82. The van der Waals surface area contributed by atoms with Gasteiger partial charge in [0.25, 0.3) is 0 Å². The second-order valence-electron chi connectivity index (χ2n) is 5.16. The predicted octanol–water partition coefficient (Wildman–Crippen LogP) is 2.55. The molecule has 4 heteroatoms. The van der Waals surface area contributed by atoms with E-state index in [2.05, 4.69) is 27.2 Å². The van der Waals surface area contributed by atoms with Crippen LogP contribution in [0.25, 0.3) is 0 Å². The van der Waals surface area contributed by atoms with Crippen molar-refractivity contribution in [2.75, 3.05) is 17.3 Å². The van der Waals surface area contributed by atoms with Crippen LogP contribution in [0.4, 0.5) is 11.5 Å². The van der Waals surface area contributed by atoms with Gasteiger partial charge in [-0.1, -0.05) is 19.3 Å². The van der Waals surface area contributed by atoms with Crippen LogP contribution < -0.4 is 10.6 Å². The molecule has 0 unspecified atom stereocenters. The lowest BCUT2D eigenvalue weighted by molar-refractivity contribution is 0.232. The Kier molecular flexibility index (Phi) is 3.09. The van der Waals surface area contributed by atoms with Crippen molar-refractivity contribution in [1.82, 2.24) is 9.88 Å². The van der Waals surface area contributed by atoms with Gasteiger partial charge >= 0.3 is 0 Å². The molecule has 96 valence electrons. The first-order valence-corrected chi connectivity index (χ1v) is 6.75. The number of rotatable bonds is 2. The van der Waals surface area contributed by atoms with E-state index in [0.717, 1.165) is 18.4 Å². The second-order valence-corrected chi connectivity index (χ2v) is 5.16. The molecule has 3 rings (SSSR count). The molecule has 1 aliphatic heterocycles. The van der Waals surface area contributed by atoms with Crippen LogP contribution in [-0.4, -0.2) is 22.6 Å². The molecule has 0 radical (unpaired) electrons. The maximum absolute atomic E-state index is 5.61. The fraction of sp³-hybridized carbons (Fsp3) is 0.500. The standard InChI is InChI=1S/C14H20N4/c15-14-7-6-13(10-16-14)18-9-8-17(11-18)12-4-2-1-3-5-12/h6-10,12H,1-5,11H2,(H2,15,16). The summed E-state index contributed by atoms with van der Waals surface area (Å²) in [5.41, 5.74) is 6.72. The van der Waals surface area contributed by atoms with Gasteiger partial charge in [-0.15, -0.1) is 0 Å². The molecule has 1 saturated carbocycles. The first kappa shape index (κ1) is 11.4. The zero-order chi connectivity index (χ0) is 12.4. The zero-order valence-electron chi connectivity index (χ0n) is 10.6. The zero-order valence-corrected chi connectivity index (χ0v) is 10.6. The van der Waals surface area contributed by atoms with E-state index in [4.69, 9.17) is 5.73 Å². The largest absolute Gasteiger partial charge is 0.384 e. The Balaban J connectivity index is 1.64. The normalized spacial score (nSPS) is 20.7. The van der Waals surface area contributed by atoms with Crippen molar-refractivity contribution in [3.63, 3.8) is 0 Å².